The van der Waals surface area contributed by atoms with E-state index in [1.807, 2.05) is 6.92 Å². The molecule has 6 nitrogen and oxygen atoms in total. The van der Waals surface area contributed by atoms with E-state index in [2.05, 4.69) is 16.0 Å². The minimum absolute atomic E-state index is 0.0973. The van der Waals surface area contributed by atoms with Crippen molar-refractivity contribution in [2.75, 3.05) is 18.9 Å². The van der Waals surface area contributed by atoms with Gasteiger partial charge in [0.05, 0.1) is 10.7 Å². The lowest BCUT2D eigenvalue weighted by Crippen LogP contribution is -2.38. The van der Waals surface area contributed by atoms with Crippen LogP contribution in [0.5, 0.6) is 0 Å². The van der Waals surface area contributed by atoms with Crippen LogP contribution in [0.1, 0.15) is 38.1 Å². The first-order valence-corrected chi connectivity index (χ1v) is 7.75. The van der Waals surface area contributed by atoms with Crippen molar-refractivity contribution >= 4 is 29.3 Å². The highest BCUT2D eigenvalue weighted by molar-refractivity contribution is 6.33. The molecule has 0 radical (unpaired) electrons. The minimum Gasteiger partial charge on any atom is -0.444 e. The van der Waals surface area contributed by atoms with Gasteiger partial charge in [-0.05, 0) is 45.9 Å². The first kappa shape index (κ1) is 19.1. The predicted octanol–water partition coefficient (Wildman–Crippen LogP) is 3.02. The molecule has 128 valence electrons. The van der Waals surface area contributed by atoms with Crippen LogP contribution in [-0.2, 0) is 4.74 Å². The number of benzene rings is 1. The van der Waals surface area contributed by atoms with Crippen LogP contribution in [0, 0.1) is 0 Å². The minimum atomic E-state index is -0.536. The molecule has 0 saturated carbocycles. The molecule has 0 aliphatic rings. The summed E-state index contributed by atoms with van der Waals surface area (Å²) >= 11 is 6.13. The lowest BCUT2D eigenvalue weighted by Gasteiger charge is -2.22. The molecule has 0 fully saturated rings. The maximum atomic E-state index is 11.7. The second-order valence-corrected chi connectivity index (χ2v) is 6.61. The van der Waals surface area contributed by atoms with E-state index in [9.17, 15) is 9.59 Å². The summed E-state index contributed by atoms with van der Waals surface area (Å²) in [6.45, 7) is 7.66. The average molecular weight is 342 g/mol. The Kier molecular flexibility index (Phi) is 6.69. The van der Waals surface area contributed by atoms with Gasteiger partial charge in [-0.15, -0.1) is 0 Å². The highest BCUT2D eigenvalue weighted by Crippen LogP contribution is 2.23. The standard InChI is InChI=1S/C16H24ClN3O3/c1-10(9-19-15(22)23-16(2,3)4)20-13-8-11(14(21)18-5)6-7-12(13)17/h6-8,10,20H,9H2,1-5H3,(H,18,21)(H,19,22). The summed E-state index contributed by atoms with van der Waals surface area (Å²) in [7, 11) is 1.57. The van der Waals surface area contributed by atoms with Crippen LogP contribution in [0.15, 0.2) is 18.2 Å². The number of carbonyl (C=O) groups excluding carboxylic acids is 2. The van der Waals surface area contributed by atoms with Crippen LogP contribution in [0.25, 0.3) is 0 Å². The monoisotopic (exact) mass is 341 g/mol. The molecule has 0 spiro atoms. The Hall–Kier alpha value is -1.95. The normalized spacial score (nSPS) is 12.3. The van der Waals surface area contributed by atoms with E-state index in [-0.39, 0.29) is 11.9 Å². The molecule has 0 saturated heterocycles. The summed E-state index contributed by atoms with van der Waals surface area (Å²) in [5, 5.41) is 8.91. The van der Waals surface area contributed by atoms with Gasteiger partial charge in [-0.1, -0.05) is 11.6 Å². The van der Waals surface area contributed by atoms with Gasteiger partial charge in [0.15, 0.2) is 0 Å². The van der Waals surface area contributed by atoms with E-state index in [0.717, 1.165) is 0 Å². The molecule has 0 heterocycles. The van der Waals surface area contributed by atoms with Crippen LogP contribution in [0.4, 0.5) is 10.5 Å². The Morgan fingerprint density at radius 3 is 2.52 bits per heavy atom. The number of carbonyl (C=O) groups is 2. The maximum absolute atomic E-state index is 11.7. The molecule has 1 aromatic rings. The third-order valence-electron chi connectivity index (χ3n) is 2.81. The van der Waals surface area contributed by atoms with Gasteiger partial charge in [-0.2, -0.15) is 0 Å². The van der Waals surface area contributed by atoms with E-state index in [1.54, 1.807) is 46.0 Å². The molecule has 23 heavy (non-hydrogen) atoms. The Morgan fingerprint density at radius 2 is 1.96 bits per heavy atom. The fourth-order valence-corrected chi connectivity index (χ4v) is 1.96. The molecule has 7 heteroatoms. The Balaban J connectivity index is 2.62. The Morgan fingerprint density at radius 1 is 1.30 bits per heavy atom. The molecular formula is C16H24ClN3O3. The number of hydrogen-bond donors (Lipinski definition) is 3. The molecular weight excluding hydrogens is 318 g/mol. The first-order valence-electron chi connectivity index (χ1n) is 7.37. The van der Waals surface area contributed by atoms with Gasteiger partial charge in [0.2, 0.25) is 0 Å². The summed E-state index contributed by atoms with van der Waals surface area (Å²) in [5.41, 5.74) is 0.601. The van der Waals surface area contributed by atoms with Gasteiger partial charge in [0, 0.05) is 25.2 Å². The second-order valence-electron chi connectivity index (χ2n) is 6.20. The molecule has 0 aromatic heterocycles. The molecule has 0 aliphatic heterocycles. The quantitative estimate of drug-likeness (QED) is 0.769. The second kappa shape index (κ2) is 8.06. The summed E-state index contributed by atoms with van der Waals surface area (Å²) in [6.07, 6.45) is -0.476. The van der Waals surface area contributed by atoms with E-state index in [1.165, 1.54) is 0 Å². The Labute approximate surface area is 141 Å². The fourth-order valence-electron chi connectivity index (χ4n) is 1.79. The molecule has 1 unspecified atom stereocenters. The Bertz CT molecular complexity index is 570. The third-order valence-corrected chi connectivity index (χ3v) is 3.14. The van der Waals surface area contributed by atoms with Crippen LogP contribution >= 0.6 is 11.6 Å². The van der Waals surface area contributed by atoms with Crippen molar-refractivity contribution in [1.82, 2.24) is 10.6 Å². The van der Waals surface area contributed by atoms with Crippen LogP contribution < -0.4 is 16.0 Å². The maximum Gasteiger partial charge on any atom is 0.407 e. The van der Waals surface area contributed by atoms with Crippen molar-refractivity contribution in [1.29, 1.82) is 0 Å². The zero-order valence-electron chi connectivity index (χ0n) is 14.1. The van der Waals surface area contributed by atoms with Crippen molar-refractivity contribution in [3.8, 4) is 0 Å². The summed E-state index contributed by atoms with van der Waals surface area (Å²) in [6, 6.07) is 4.88. The molecule has 1 aromatic carbocycles. The molecule has 1 rings (SSSR count). The molecule has 0 bridgehead atoms. The lowest BCUT2D eigenvalue weighted by molar-refractivity contribution is 0.0526. The number of amides is 2. The van der Waals surface area contributed by atoms with E-state index in [4.69, 9.17) is 16.3 Å². The molecule has 2 amide bonds. The molecule has 3 N–H and O–H groups in total. The number of nitrogens with one attached hydrogen (secondary N) is 3. The molecule has 0 aliphatic carbocycles. The van der Waals surface area contributed by atoms with Crippen LogP contribution in [-0.4, -0.2) is 37.2 Å². The fraction of sp³-hybridized carbons (Fsp3) is 0.500. The van der Waals surface area contributed by atoms with Gasteiger partial charge in [0.1, 0.15) is 5.60 Å². The van der Waals surface area contributed by atoms with E-state index < -0.39 is 11.7 Å². The number of halogens is 1. The average Bonchev–Trinajstić information content (AvgIpc) is 2.45. The van der Waals surface area contributed by atoms with Crippen molar-refractivity contribution in [3.05, 3.63) is 28.8 Å². The van der Waals surface area contributed by atoms with Gasteiger partial charge in [-0.25, -0.2) is 4.79 Å². The van der Waals surface area contributed by atoms with Crippen LogP contribution in [0.2, 0.25) is 5.02 Å². The number of ether oxygens (including phenoxy) is 1. The zero-order valence-corrected chi connectivity index (χ0v) is 14.9. The summed E-state index contributed by atoms with van der Waals surface area (Å²) in [4.78, 5) is 23.3. The van der Waals surface area contributed by atoms with Crippen molar-refractivity contribution < 1.29 is 14.3 Å². The number of rotatable bonds is 5. The van der Waals surface area contributed by atoms with Crippen LogP contribution in [0.3, 0.4) is 0 Å². The van der Waals surface area contributed by atoms with Gasteiger partial charge in [0.25, 0.3) is 5.91 Å². The van der Waals surface area contributed by atoms with Crippen molar-refractivity contribution in [2.45, 2.75) is 39.3 Å². The number of hydrogen-bond acceptors (Lipinski definition) is 4. The van der Waals surface area contributed by atoms with E-state index >= 15 is 0 Å². The number of anilines is 1. The first-order chi connectivity index (χ1) is 10.6. The van der Waals surface area contributed by atoms with Gasteiger partial charge >= 0.3 is 6.09 Å². The predicted molar refractivity (Wildman–Crippen MR) is 92.2 cm³/mol. The largest absolute Gasteiger partial charge is 0.444 e. The van der Waals surface area contributed by atoms with Crippen molar-refractivity contribution in [2.24, 2.45) is 0 Å². The highest BCUT2D eigenvalue weighted by Gasteiger charge is 2.16. The lowest BCUT2D eigenvalue weighted by atomic mass is 10.1. The topological polar surface area (TPSA) is 79.5 Å². The third kappa shape index (κ3) is 6.78. The van der Waals surface area contributed by atoms with Crippen molar-refractivity contribution in [3.63, 3.8) is 0 Å². The SMILES string of the molecule is CNC(=O)c1ccc(Cl)c(NC(C)CNC(=O)OC(C)(C)C)c1. The number of alkyl carbamates (subject to hydrolysis) is 1. The molecule has 1 atom stereocenters. The highest BCUT2D eigenvalue weighted by atomic mass is 35.5. The zero-order chi connectivity index (χ0) is 17.6. The summed E-state index contributed by atoms with van der Waals surface area (Å²) < 4.78 is 5.17. The van der Waals surface area contributed by atoms with Gasteiger partial charge in [-0.3, -0.25) is 4.79 Å². The van der Waals surface area contributed by atoms with E-state index in [0.29, 0.717) is 22.8 Å². The summed E-state index contributed by atoms with van der Waals surface area (Å²) in [5.74, 6) is -0.191. The smallest absolute Gasteiger partial charge is 0.407 e. The van der Waals surface area contributed by atoms with Gasteiger partial charge < -0.3 is 20.7 Å².